The summed E-state index contributed by atoms with van der Waals surface area (Å²) in [4.78, 5) is 24.3. The van der Waals surface area contributed by atoms with Gasteiger partial charge < -0.3 is 14.6 Å². The van der Waals surface area contributed by atoms with Crippen LogP contribution in [0.15, 0.2) is 24.3 Å². The number of hydrogen-bond donors (Lipinski definition) is 1. The van der Waals surface area contributed by atoms with Crippen LogP contribution in [0.4, 0.5) is 0 Å². The first kappa shape index (κ1) is 13.8. The Morgan fingerprint density at radius 3 is 2.47 bits per heavy atom. The number of esters is 2. The van der Waals surface area contributed by atoms with Crippen molar-refractivity contribution in [3.8, 4) is 0 Å². The molecule has 2 rings (SSSR count). The number of fused-ring (bicyclic) bond motifs is 1. The SMILES string of the molecule is C=C1CC(C(=O)OC)(C(=O)OC)[C@@H]2CC=C[C@@H](O)[C@H]12. The van der Waals surface area contributed by atoms with E-state index in [-0.39, 0.29) is 18.3 Å². The van der Waals surface area contributed by atoms with Crippen LogP contribution in [0.5, 0.6) is 0 Å². The van der Waals surface area contributed by atoms with Gasteiger partial charge in [0.15, 0.2) is 5.41 Å². The third-order valence-corrected chi connectivity index (χ3v) is 4.23. The molecule has 0 amide bonds. The van der Waals surface area contributed by atoms with E-state index in [2.05, 4.69) is 6.58 Å². The first-order valence-electron chi connectivity index (χ1n) is 6.18. The molecule has 0 aromatic heterocycles. The number of allylic oxidation sites excluding steroid dienone is 1. The Bertz CT molecular complexity index is 435. The van der Waals surface area contributed by atoms with Crippen molar-refractivity contribution >= 4 is 11.9 Å². The number of hydrogen-bond acceptors (Lipinski definition) is 5. The summed E-state index contributed by atoms with van der Waals surface area (Å²) in [6.45, 7) is 3.91. The zero-order valence-corrected chi connectivity index (χ0v) is 11.1. The molecule has 0 aromatic carbocycles. The van der Waals surface area contributed by atoms with Gasteiger partial charge in [0.1, 0.15) is 0 Å². The molecule has 5 heteroatoms. The van der Waals surface area contributed by atoms with Gasteiger partial charge in [-0.3, -0.25) is 9.59 Å². The van der Waals surface area contributed by atoms with Gasteiger partial charge in [-0.2, -0.15) is 0 Å². The highest BCUT2D eigenvalue weighted by molar-refractivity contribution is 6.01. The molecule has 0 unspecified atom stereocenters. The third-order valence-electron chi connectivity index (χ3n) is 4.23. The highest BCUT2D eigenvalue weighted by Crippen LogP contribution is 2.55. The maximum atomic E-state index is 12.2. The number of carbonyl (C=O) groups excluding carboxylic acids is 2. The lowest BCUT2D eigenvalue weighted by atomic mass is 9.70. The smallest absolute Gasteiger partial charge is 0.323 e. The van der Waals surface area contributed by atoms with Crippen LogP contribution < -0.4 is 0 Å². The molecular formula is C14H18O5. The fraction of sp³-hybridized carbons (Fsp3) is 0.571. The molecule has 5 nitrogen and oxygen atoms in total. The zero-order valence-electron chi connectivity index (χ0n) is 11.1. The zero-order chi connectivity index (χ0) is 14.2. The van der Waals surface area contributed by atoms with Crippen LogP contribution in [-0.4, -0.2) is 37.4 Å². The average Bonchev–Trinajstić information content (AvgIpc) is 2.72. The summed E-state index contributed by atoms with van der Waals surface area (Å²) in [5.74, 6) is -1.89. The van der Waals surface area contributed by atoms with E-state index in [1.165, 1.54) is 14.2 Å². The lowest BCUT2D eigenvalue weighted by Gasteiger charge is -2.34. The topological polar surface area (TPSA) is 72.8 Å². The number of aliphatic hydroxyl groups is 1. The quantitative estimate of drug-likeness (QED) is 0.455. The Morgan fingerprint density at radius 1 is 1.37 bits per heavy atom. The molecule has 0 aliphatic heterocycles. The van der Waals surface area contributed by atoms with Crippen LogP contribution in [0.25, 0.3) is 0 Å². The van der Waals surface area contributed by atoms with E-state index in [0.29, 0.717) is 12.0 Å². The second kappa shape index (κ2) is 4.81. The van der Waals surface area contributed by atoms with Crippen LogP contribution in [0.3, 0.4) is 0 Å². The molecule has 0 radical (unpaired) electrons. The highest BCUT2D eigenvalue weighted by atomic mass is 16.5. The summed E-state index contributed by atoms with van der Waals surface area (Å²) in [6, 6.07) is 0. The van der Waals surface area contributed by atoms with E-state index < -0.39 is 23.5 Å². The summed E-state index contributed by atoms with van der Waals surface area (Å²) in [5.41, 5.74) is -0.686. The lowest BCUT2D eigenvalue weighted by molar-refractivity contribution is -0.173. The molecule has 0 spiro atoms. The fourth-order valence-electron chi connectivity index (χ4n) is 3.40. The van der Waals surface area contributed by atoms with E-state index in [4.69, 9.17) is 9.47 Å². The molecule has 3 atom stereocenters. The van der Waals surface area contributed by atoms with Crippen molar-refractivity contribution in [2.45, 2.75) is 18.9 Å². The second-order valence-corrected chi connectivity index (χ2v) is 5.08. The van der Waals surface area contributed by atoms with Crippen LogP contribution in [-0.2, 0) is 19.1 Å². The van der Waals surface area contributed by atoms with Gasteiger partial charge in [-0.15, -0.1) is 0 Å². The Hall–Kier alpha value is -1.62. The minimum atomic E-state index is -1.38. The molecule has 0 saturated heterocycles. The van der Waals surface area contributed by atoms with E-state index in [1.54, 1.807) is 12.2 Å². The number of ether oxygens (including phenoxy) is 2. The Balaban J connectivity index is 2.51. The van der Waals surface area contributed by atoms with Crippen molar-refractivity contribution in [2.75, 3.05) is 14.2 Å². The molecule has 1 fully saturated rings. The van der Waals surface area contributed by atoms with Crippen molar-refractivity contribution in [1.29, 1.82) is 0 Å². The van der Waals surface area contributed by atoms with Crippen molar-refractivity contribution < 1.29 is 24.2 Å². The van der Waals surface area contributed by atoms with Gasteiger partial charge in [0, 0.05) is 5.92 Å². The molecule has 1 saturated carbocycles. The van der Waals surface area contributed by atoms with E-state index in [1.807, 2.05) is 0 Å². The van der Waals surface area contributed by atoms with Gasteiger partial charge in [0.2, 0.25) is 0 Å². The maximum Gasteiger partial charge on any atom is 0.323 e. The molecule has 19 heavy (non-hydrogen) atoms. The van der Waals surface area contributed by atoms with Gasteiger partial charge in [0.25, 0.3) is 0 Å². The molecule has 104 valence electrons. The molecule has 0 heterocycles. The van der Waals surface area contributed by atoms with E-state index in [0.717, 1.165) is 0 Å². The first-order chi connectivity index (χ1) is 8.98. The lowest BCUT2D eigenvalue weighted by Crippen LogP contribution is -2.47. The minimum Gasteiger partial charge on any atom is -0.468 e. The van der Waals surface area contributed by atoms with Crippen LogP contribution in [0, 0.1) is 17.3 Å². The van der Waals surface area contributed by atoms with E-state index >= 15 is 0 Å². The third kappa shape index (κ3) is 1.80. The van der Waals surface area contributed by atoms with Gasteiger partial charge >= 0.3 is 11.9 Å². The first-order valence-corrected chi connectivity index (χ1v) is 6.18. The molecule has 0 bridgehead atoms. The normalized spacial score (nSPS) is 31.7. The predicted octanol–water partition coefficient (Wildman–Crippen LogP) is 0.832. The van der Waals surface area contributed by atoms with Crippen molar-refractivity contribution in [3.05, 3.63) is 24.3 Å². The second-order valence-electron chi connectivity index (χ2n) is 5.08. The maximum absolute atomic E-state index is 12.2. The molecule has 2 aliphatic rings. The van der Waals surface area contributed by atoms with Gasteiger partial charge in [-0.1, -0.05) is 24.3 Å². The molecule has 0 aromatic rings. The average molecular weight is 266 g/mol. The Kier molecular flexibility index (Phi) is 3.49. The number of aliphatic hydroxyl groups excluding tert-OH is 1. The van der Waals surface area contributed by atoms with Crippen molar-refractivity contribution in [3.63, 3.8) is 0 Å². The summed E-state index contributed by atoms with van der Waals surface area (Å²) in [6.07, 6.45) is 3.43. The van der Waals surface area contributed by atoms with Gasteiger partial charge in [0.05, 0.1) is 20.3 Å². The number of carbonyl (C=O) groups is 2. The van der Waals surface area contributed by atoms with Crippen LogP contribution in [0.2, 0.25) is 0 Å². The summed E-state index contributed by atoms with van der Waals surface area (Å²) in [7, 11) is 2.50. The summed E-state index contributed by atoms with van der Waals surface area (Å²) < 4.78 is 9.61. The fourth-order valence-corrected chi connectivity index (χ4v) is 3.40. The number of methoxy groups -OCH3 is 2. The minimum absolute atomic E-state index is 0.167. The largest absolute Gasteiger partial charge is 0.468 e. The van der Waals surface area contributed by atoms with Crippen LogP contribution in [0.1, 0.15) is 12.8 Å². The highest BCUT2D eigenvalue weighted by Gasteiger charge is 2.63. The Morgan fingerprint density at radius 2 is 1.95 bits per heavy atom. The van der Waals surface area contributed by atoms with Crippen molar-refractivity contribution in [2.24, 2.45) is 17.3 Å². The molecular weight excluding hydrogens is 248 g/mol. The standard InChI is InChI=1S/C14H18O5/c1-8-7-14(12(16)18-2,13(17)19-3)9-5-4-6-10(15)11(8)9/h4,6,9-11,15H,1,5,7H2,2-3H3/t9-,10-,11-/m1/s1. The predicted molar refractivity (Wildman–Crippen MR) is 67.0 cm³/mol. The number of rotatable bonds is 2. The van der Waals surface area contributed by atoms with Crippen molar-refractivity contribution in [1.82, 2.24) is 0 Å². The Labute approximate surface area is 111 Å². The summed E-state index contributed by atoms with van der Waals surface area (Å²) >= 11 is 0. The molecule has 2 aliphatic carbocycles. The molecule has 1 N–H and O–H groups in total. The van der Waals surface area contributed by atoms with Crippen LogP contribution >= 0.6 is 0 Å². The van der Waals surface area contributed by atoms with Gasteiger partial charge in [-0.05, 0) is 18.8 Å². The monoisotopic (exact) mass is 266 g/mol. The van der Waals surface area contributed by atoms with E-state index in [9.17, 15) is 14.7 Å². The van der Waals surface area contributed by atoms with Gasteiger partial charge in [-0.25, -0.2) is 0 Å². The summed E-state index contributed by atoms with van der Waals surface area (Å²) in [5, 5.41) is 10.0.